The third-order valence-electron chi connectivity index (χ3n) is 2.33. The molecular formula is C9H20O4S. The van der Waals surface area contributed by atoms with E-state index in [4.69, 9.17) is 4.55 Å². The molecule has 0 spiro atoms. The van der Waals surface area contributed by atoms with Crippen LogP contribution in [0, 0.1) is 0 Å². The molecule has 0 fully saturated rings. The minimum atomic E-state index is -3.94. The Labute approximate surface area is 86.1 Å². The van der Waals surface area contributed by atoms with Gasteiger partial charge in [0.25, 0.3) is 10.1 Å². The van der Waals surface area contributed by atoms with Crippen LogP contribution in [0.15, 0.2) is 0 Å². The number of rotatable bonds is 7. The number of aliphatic hydroxyl groups is 1. The van der Waals surface area contributed by atoms with Crippen LogP contribution in [0.2, 0.25) is 0 Å². The Balaban J connectivity index is 4.12. The van der Waals surface area contributed by atoms with Crippen LogP contribution in [0.5, 0.6) is 0 Å². The summed E-state index contributed by atoms with van der Waals surface area (Å²) in [5.74, 6) is 0. The largest absolute Gasteiger partial charge is 0.393 e. The quantitative estimate of drug-likeness (QED) is 0.644. The summed E-state index contributed by atoms with van der Waals surface area (Å²) in [6.07, 6.45) is 2.09. The fourth-order valence-electron chi connectivity index (χ4n) is 1.35. The van der Waals surface area contributed by atoms with E-state index in [-0.39, 0.29) is 0 Å². The molecule has 0 aromatic heterocycles. The zero-order valence-electron chi connectivity index (χ0n) is 8.81. The van der Waals surface area contributed by atoms with Crippen LogP contribution in [-0.2, 0) is 10.1 Å². The van der Waals surface area contributed by atoms with Gasteiger partial charge in [-0.1, -0.05) is 20.3 Å². The molecule has 0 rings (SSSR count). The Morgan fingerprint density at radius 3 is 2.07 bits per heavy atom. The van der Waals surface area contributed by atoms with Crippen molar-refractivity contribution in [3.63, 3.8) is 0 Å². The molecule has 14 heavy (non-hydrogen) atoms. The molecule has 0 aliphatic carbocycles. The summed E-state index contributed by atoms with van der Waals surface area (Å²) >= 11 is 0. The van der Waals surface area contributed by atoms with E-state index >= 15 is 0 Å². The minimum Gasteiger partial charge on any atom is -0.393 e. The predicted octanol–water partition coefficient (Wildman–Crippen LogP) is 1.59. The first-order valence-corrected chi connectivity index (χ1v) is 6.56. The zero-order valence-corrected chi connectivity index (χ0v) is 9.63. The highest BCUT2D eigenvalue weighted by Gasteiger charge is 2.22. The molecule has 4 nitrogen and oxygen atoms in total. The van der Waals surface area contributed by atoms with Gasteiger partial charge in [-0.25, -0.2) is 0 Å². The molecule has 2 unspecified atom stereocenters. The smallest absolute Gasteiger partial charge is 0.267 e. The SMILES string of the molecule is CCCC(CCC(O)CC)S(=O)(=O)O. The molecule has 0 aromatic rings. The Morgan fingerprint density at radius 1 is 1.14 bits per heavy atom. The lowest BCUT2D eigenvalue weighted by atomic mass is 10.1. The molecule has 0 saturated carbocycles. The highest BCUT2D eigenvalue weighted by Crippen LogP contribution is 2.15. The molecule has 2 atom stereocenters. The van der Waals surface area contributed by atoms with Crippen molar-refractivity contribution in [1.29, 1.82) is 0 Å². The van der Waals surface area contributed by atoms with Crippen molar-refractivity contribution in [2.75, 3.05) is 0 Å². The van der Waals surface area contributed by atoms with E-state index in [1.54, 1.807) is 0 Å². The first kappa shape index (κ1) is 13.9. The molecular weight excluding hydrogens is 204 g/mol. The molecule has 0 bridgehead atoms. The van der Waals surface area contributed by atoms with Gasteiger partial charge in [-0.15, -0.1) is 0 Å². The van der Waals surface area contributed by atoms with E-state index in [1.807, 2.05) is 13.8 Å². The van der Waals surface area contributed by atoms with Crippen molar-refractivity contribution in [3.8, 4) is 0 Å². The molecule has 0 amide bonds. The van der Waals surface area contributed by atoms with Gasteiger partial charge in [0.05, 0.1) is 11.4 Å². The van der Waals surface area contributed by atoms with Crippen molar-refractivity contribution >= 4 is 10.1 Å². The van der Waals surface area contributed by atoms with Crippen molar-refractivity contribution in [3.05, 3.63) is 0 Å². The summed E-state index contributed by atoms with van der Waals surface area (Å²) < 4.78 is 30.7. The van der Waals surface area contributed by atoms with Gasteiger partial charge in [0.15, 0.2) is 0 Å². The van der Waals surface area contributed by atoms with E-state index in [0.717, 1.165) is 0 Å². The summed E-state index contributed by atoms with van der Waals surface area (Å²) in [5, 5.41) is 8.55. The number of hydrogen-bond donors (Lipinski definition) is 2. The molecule has 86 valence electrons. The fourth-order valence-corrected chi connectivity index (χ4v) is 2.31. The second kappa shape index (κ2) is 6.37. The second-order valence-corrected chi connectivity index (χ2v) is 5.26. The Kier molecular flexibility index (Phi) is 6.31. The van der Waals surface area contributed by atoms with Crippen LogP contribution in [0.25, 0.3) is 0 Å². The van der Waals surface area contributed by atoms with Gasteiger partial charge in [-0.3, -0.25) is 4.55 Å². The van der Waals surface area contributed by atoms with Crippen LogP contribution in [0.3, 0.4) is 0 Å². The van der Waals surface area contributed by atoms with Crippen LogP contribution < -0.4 is 0 Å². The van der Waals surface area contributed by atoms with Gasteiger partial charge in [-0.05, 0) is 25.7 Å². The Hall–Kier alpha value is -0.130. The summed E-state index contributed by atoms with van der Waals surface area (Å²) in [7, 11) is -3.94. The van der Waals surface area contributed by atoms with E-state index in [1.165, 1.54) is 0 Å². The van der Waals surface area contributed by atoms with Gasteiger partial charge >= 0.3 is 0 Å². The van der Waals surface area contributed by atoms with Crippen LogP contribution >= 0.6 is 0 Å². The van der Waals surface area contributed by atoms with Crippen molar-refractivity contribution < 1.29 is 18.1 Å². The minimum absolute atomic E-state index is 0.335. The molecule has 0 radical (unpaired) electrons. The van der Waals surface area contributed by atoms with Crippen molar-refractivity contribution in [1.82, 2.24) is 0 Å². The molecule has 0 aliphatic rings. The van der Waals surface area contributed by atoms with Gasteiger partial charge in [0.2, 0.25) is 0 Å². The Morgan fingerprint density at radius 2 is 1.71 bits per heavy atom. The van der Waals surface area contributed by atoms with E-state index in [0.29, 0.717) is 32.1 Å². The first-order chi connectivity index (χ1) is 6.41. The molecule has 2 N–H and O–H groups in total. The number of hydrogen-bond acceptors (Lipinski definition) is 3. The maximum atomic E-state index is 10.9. The predicted molar refractivity (Wildman–Crippen MR) is 55.8 cm³/mol. The van der Waals surface area contributed by atoms with E-state index < -0.39 is 21.5 Å². The summed E-state index contributed by atoms with van der Waals surface area (Å²) in [6, 6.07) is 0. The molecule has 0 aliphatic heterocycles. The van der Waals surface area contributed by atoms with Crippen LogP contribution in [-0.4, -0.2) is 29.4 Å². The zero-order chi connectivity index (χ0) is 11.2. The lowest BCUT2D eigenvalue weighted by Crippen LogP contribution is -2.22. The maximum Gasteiger partial charge on any atom is 0.267 e. The normalized spacial score (nSPS) is 16.6. The lowest BCUT2D eigenvalue weighted by molar-refractivity contribution is 0.156. The third kappa shape index (κ3) is 5.57. The van der Waals surface area contributed by atoms with Crippen LogP contribution in [0.4, 0.5) is 0 Å². The summed E-state index contributed by atoms with van der Waals surface area (Å²) in [4.78, 5) is 0. The molecule has 5 heteroatoms. The van der Waals surface area contributed by atoms with Gasteiger partial charge in [0.1, 0.15) is 0 Å². The Bertz CT molecular complexity index is 235. The van der Waals surface area contributed by atoms with E-state index in [2.05, 4.69) is 0 Å². The molecule has 0 aromatic carbocycles. The fraction of sp³-hybridized carbons (Fsp3) is 1.00. The third-order valence-corrected chi connectivity index (χ3v) is 3.64. The van der Waals surface area contributed by atoms with Gasteiger partial charge < -0.3 is 5.11 Å². The number of aliphatic hydroxyl groups excluding tert-OH is 1. The molecule has 0 saturated heterocycles. The monoisotopic (exact) mass is 224 g/mol. The van der Waals surface area contributed by atoms with Crippen LogP contribution in [0.1, 0.15) is 46.0 Å². The summed E-state index contributed by atoms with van der Waals surface area (Å²) in [5.41, 5.74) is 0. The second-order valence-electron chi connectivity index (χ2n) is 3.57. The summed E-state index contributed by atoms with van der Waals surface area (Å²) in [6.45, 7) is 3.71. The highest BCUT2D eigenvalue weighted by molar-refractivity contribution is 7.86. The maximum absolute atomic E-state index is 10.9. The molecule has 0 heterocycles. The van der Waals surface area contributed by atoms with Gasteiger partial charge in [-0.2, -0.15) is 8.42 Å². The lowest BCUT2D eigenvalue weighted by Gasteiger charge is -2.14. The average Bonchev–Trinajstić information content (AvgIpc) is 2.09. The van der Waals surface area contributed by atoms with Crippen molar-refractivity contribution in [2.24, 2.45) is 0 Å². The van der Waals surface area contributed by atoms with Crippen molar-refractivity contribution in [2.45, 2.75) is 57.3 Å². The van der Waals surface area contributed by atoms with Gasteiger partial charge in [0, 0.05) is 0 Å². The van der Waals surface area contributed by atoms with E-state index in [9.17, 15) is 13.5 Å². The standard InChI is InChI=1S/C9H20O4S/c1-3-5-9(14(11,12)13)7-6-8(10)4-2/h8-10H,3-7H2,1-2H3,(H,11,12,13). The highest BCUT2D eigenvalue weighted by atomic mass is 32.2. The topological polar surface area (TPSA) is 74.6 Å². The first-order valence-electron chi connectivity index (χ1n) is 5.06. The average molecular weight is 224 g/mol.